The number of alkyl halides is 2. The Labute approximate surface area is 96.4 Å². The predicted octanol–water partition coefficient (Wildman–Crippen LogP) is 3.26. The lowest BCUT2D eigenvalue weighted by Crippen LogP contribution is -2.18. The molecule has 5 heteroatoms. The summed E-state index contributed by atoms with van der Waals surface area (Å²) >= 11 is 5.78. The number of hydrogen-bond acceptors (Lipinski definition) is 1. The summed E-state index contributed by atoms with van der Waals surface area (Å²) in [5, 5.41) is 1.21. The molecule has 2 rings (SSSR count). The Morgan fingerprint density at radius 2 is 2.06 bits per heavy atom. The highest BCUT2D eigenvalue weighted by Gasteiger charge is 2.32. The molecule has 0 saturated heterocycles. The number of fused-ring (bicyclic) bond motifs is 1. The summed E-state index contributed by atoms with van der Waals surface area (Å²) in [5.41, 5.74) is 5.69. The van der Waals surface area contributed by atoms with E-state index in [0.717, 1.165) is 0 Å². The van der Waals surface area contributed by atoms with Crippen LogP contribution in [0.25, 0.3) is 10.9 Å². The van der Waals surface area contributed by atoms with Crippen LogP contribution in [0.3, 0.4) is 0 Å². The first-order valence-electron chi connectivity index (χ1n) is 4.89. The van der Waals surface area contributed by atoms with E-state index in [0.29, 0.717) is 15.9 Å². The van der Waals surface area contributed by atoms with Gasteiger partial charge in [0.2, 0.25) is 0 Å². The Morgan fingerprint density at radius 1 is 1.31 bits per heavy atom. The van der Waals surface area contributed by atoms with E-state index in [1.54, 1.807) is 18.2 Å². The number of aromatic nitrogens is 1. The quantitative estimate of drug-likeness (QED) is 0.855. The molecule has 0 aliphatic carbocycles. The second-order valence-electron chi connectivity index (χ2n) is 3.66. The number of benzene rings is 1. The number of H-pyrrole nitrogens is 1. The second-order valence-corrected chi connectivity index (χ2v) is 4.09. The summed E-state index contributed by atoms with van der Waals surface area (Å²) in [6.07, 6.45) is -0.368. The first-order chi connectivity index (χ1) is 7.53. The third-order valence-corrected chi connectivity index (χ3v) is 2.67. The zero-order chi connectivity index (χ0) is 11.8. The molecule has 0 amide bonds. The van der Waals surface area contributed by atoms with Gasteiger partial charge in [-0.25, -0.2) is 0 Å². The molecule has 0 spiro atoms. The molecular weight excluding hydrogens is 234 g/mol. The number of nitrogens with one attached hydrogen (secondary N) is 1. The third kappa shape index (κ3) is 2.03. The molecule has 0 fully saturated rings. The van der Waals surface area contributed by atoms with Crippen LogP contribution in [0.1, 0.15) is 12.1 Å². The summed E-state index contributed by atoms with van der Waals surface area (Å²) in [7, 11) is 0. The topological polar surface area (TPSA) is 41.8 Å². The molecule has 1 heterocycles. The molecule has 2 nitrogen and oxygen atoms in total. The molecule has 1 aromatic carbocycles. The molecule has 0 bridgehead atoms. The van der Waals surface area contributed by atoms with E-state index in [-0.39, 0.29) is 18.7 Å². The van der Waals surface area contributed by atoms with Gasteiger partial charge in [0.05, 0.1) is 5.69 Å². The zero-order valence-electron chi connectivity index (χ0n) is 8.43. The van der Waals surface area contributed by atoms with Gasteiger partial charge in [0.15, 0.2) is 0 Å². The van der Waals surface area contributed by atoms with Crippen LogP contribution in [-0.2, 0) is 5.92 Å². The number of rotatable bonds is 3. The van der Waals surface area contributed by atoms with Crippen LogP contribution in [0.2, 0.25) is 5.02 Å². The van der Waals surface area contributed by atoms with Gasteiger partial charge < -0.3 is 10.7 Å². The molecule has 16 heavy (non-hydrogen) atoms. The van der Waals surface area contributed by atoms with Crippen molar-refractivity contribution >= 4 is 22.5 Å². The van der Waals surface area contributed by atoms with Gasteiger partial charge in [0.25, 0.3) is 5.92 Å². The first-order valence-corrected chi connectivity index (χ1v) is 5.27. The van der Waals surface area contributed by atoms with Gasteiger partial charge >= 0.3 is 0 Å². The largest absolute Gasteiger partial charge is 0.353 e. The van der Waals surface area contributed by atoms with Crippen LogP contribution in [-0.4, -0.2) is 11.5 Å². The van der Waals surface area contributed by atoms with Crippen molar-refractivity contribution in [3.05, 3.63) is 35.0 Å². The van der Waals surface area contributed by atoms with Crippen LogP contribution in [0.4, 0.5) is 8.78 Å². The average Bonchev–Trinajstić information content (AvgIpc) is 2.61. The fourth-order valence-corrected chi connectivity index (χ4v) is 1.80. The lowest BCUT2D eigenvalue weighted by molar-refractivity contribution is -0.0144. The van der Waals surface area contributed by atoms with Crippen LogP contribution in [0.5, 0.6) is 0 Å². The predicted molar refractivity (Wildman–Crippen MR) is 60.9 cm³/mol. The maximum Gasteiger partial charge on any atom is 0.288 e. The highest BCUT2D eigenvalue weighted by atomic mass is 35.5. The monoisotopic (exact) mass is 244 g/mol. The van der Waals surface area contributed by atoms with E-state index < -0.39 is 5.92 Å². The van der Waals surface area contributed by atoms with Crippen molar-refractivity contribution in [1.29, 1.82) is 0 Å². The molecule has 0 atom stereocenters. The normalized spacial score (nSPS) is 12.2. The van der Waals surface area contributed by atoms with E-state index >= 15 is 0 Å². The van der Waals surface area contributed by atoms with Crippen molar-refractivity contribution in [2.45, 2.75) is 12.3 Å². The fourth-order valence-electron chi connectivity index (χ4n) is 1.62. The van der Waals surface area contributed by atoms with Crippen molar-refractivity contribution in [3.8, 4) is 0 Å². The molecule has 3 N–H and O–H groups in total. The van der Waals surface area contributed by atoms with Crippen molar-refractivity contribution in [2.75, 3.05) is 6.54 Å². The fraction of sp³-hybridized carbons (Fsp3) is 0.273. The minimum atomic E-state index is -2.92. The van der Waals surface area contributed by atoms with Gasteiger partial charge in [-0.3, -0.25) is 0 Å². The van der Waals surface area contributed by atoms with Crippen molar-refractivity contribution < 1.29 is 8.78 Å². The molecule has 2 aromatic rings. The molecule has 0 saturated carbocycles. The summed E-state index contributed by atoms with van der Waals surface area (Å²) in [4.78, 5) is 2.68. The Bertz CT molecular complexity index is 508. The van der Waals surface area contributed by atoms with E-state index in [2.05, 4.69) is 4.98 Å². The first kappa shape index (κ1) is 11.4. The van der Waals surface area contributed by atoms with E-state index in [9.17, 15) is 8.78 Å². The van der Waals surface area contributed by atoms with E-state index in [1.807, 2.05) is 0 Å². The number of halogens is 3. The molecule has 0 unspecified atom stereocenters. The molecule has 0 radical (unpaired) electrons. The molecule has 86 valence electrons. The Hall–Kier alpha value is -1.13. The van der Waals surface area contributed by atoms with Gasteiger partial charge in [-0.1, -0.05) is 11.6 Å². The smallest absolute Gasteiger partial charge is 0.288 e. The van der Waals surface area contributed by atoms with Crippen LogP contribution in [0.15, 0.2) is 24.3 Å². The van der Waals surface area contributed by atoms with Gasteiger partial charge in [-0.05, 0) is 30.8 Å². The third-order valence-electron chi connectivity index (χ3n) is 2.44. The van der Waals surface area contributed by atoms with Gasteiger partial charge in [-0.2, -0.15) is 8.78 Å². The van der Waals surface area contributed by atoms with Gasteiger partial charge in [0.1, 0.15) is 0 Å². The zero-order valence-corrected chi connectivity index (χ0v) is 9.19. The van der Waals surface area contributed by atoms with Crippen molar-refractivity contribution in [3.63, 3.8) is 0 Å². The SMILES string of the molecule is NCCC(F)(F)c1cc2cc(Cl)ccc2[nH]1. The van der Waals surface area contributed by atoms with Crippen molar-refractivity contribution in [2.24, 2.45) is 5.73 Å². The lowest BCUT2D eigenvalue weighted by atomic mass is 10.1. The number of hydrogen-bond donors (Lipinski definition) is 2. The Kier molecular flexibility index (Phi) is 2.86. The van der Waals surface area contributed by atoms with Crippen molar-refractivity contribution in [1.82, 2.24) is 4.98 Å². The minimum Gasteiger partial charge on any atom is -0.353 e. The molecule has 1 aromatic heterocycles. The lowest BCUT2D eigenvalue weighted by Gasteiger charge is -2.12. The van der Waals surface area contributed by atoms with E-state index in [4.69, 9.17) is 17.3 Å². The Morgan fingerprint density at radius 3 is 2.75 bits per heavy atom. The highest BCUT2D eigenvalue weighted by molar-refractivity contribution is 6.31. The highest BCUT2D eigenvalue weighted by Crippen LogP contribution is 2.33. The maximum atomic E-state index is 13.6. The molecule has 0 aliphatic rings. The van der Waals surface area contributed by atoms with Gasteiger partial charge in [-0.15, -0.1) is 0 Å². The van der Waals surface area contributed by atoms with Crippen LogP contribution in [0, 0.1) is 0 Å². The summed E-state index contributed by atoms with van der Waals surface area (Å²) < 4.78 is 27.1. The standard InChI is InChI=1S/C11H11ClF2N2/c12-8-1-2-9-7(5-8)6-10(16-9)11(13,14)3-4-15/h1-2,5-6,16H,3-4,15H2. The van der Waals surface area contributed by atoms with E-state index in [1.165, 1.54) is 6.07 Å². The summed E-state index contributed by atoms with van der Waals surface area (Å²) in [6.45, 7) is -0.0525. The number of nitrogens with two attached hydrogens (primary N) is 1. The minimum absolute atomic E-state index is 0.0525. The maximum absolute atomic E-state index is 13.6. The molecule has 0 aliphatic heterocycles. The summed E-state index contributed by atoms with van der Waals surface area (Å²) in [5.74, 6) is -2.92. The van der Waals surface area contributed by atoms with Crippen LogP contribution >= 0.6 is 11.6 Å². The summed E-state index contributed by atoms with van der Waals surface area (Å²) in [6, 6.07) is 6.40. The molecular formula is C11H11ClF2N2. The van der Waals surface area contributed by atoms with Gasteiger partial charge in [0, 0.05) is 22.3 Å². The van der Waals surface area contributed by atoms with Crippen LogP contribution < -0.4 is 5.73 Å². The Balaban J connectivity index is 2.46. The number of aromatic amines is 1. The average molecular weight is 245 g/mol. The second kappa shape index (κ2) is 4.03.